The summed E-state index contributed by atoms with van der Waals surface area (Å²) in [6.07, 6.45) is 4.00. The molecule has 2 fully saturated rings. The first-order valence-electron chi connectivity index (χ1n) is 23.3. The normalized spacial score (nSPS) is 14.9. The Morgan fingerprint density at radius 1 is 0.786 bits per heavy atom. The van der Waals surface area contributed by atoms with Crippen LogP contribution >= 0.6 is 0 Å². The predicted molar refractivity (Wildman–Crippen MR) is 260 cm³/mol. The maximum Gasteiger partial charge on any atom is 0.410 e. The molecular weight excluding hydrogens is 901 g/mol. The first-order valence-corrected chi connectivity index (χ1v) is 23.3. The Bertz CT molecular complexity index is 3020. The van der Waals surface area contributed by atoms with Crippen molar-refractivity contribution in [3.8, 4) is 5.75 Å². The molecule has 0 aliphatic carbocycles. The maximum atomic E-state index is 13.9. The molecule has 2 aliphatic rings. The van der Waals surface area contributed by atoms with Gasteiger partial charge in [0.15, 0.2) is 0 Å². The van der Waals surface area contributed by atoms with E-state index in [0.717, 1.165) is 0 Å². The first kappa shape index (κ1) is 48.9. The monoisotopic (exact) mass is 960 g/mol. The van der Waals surface area contributed by atoms with E-state index in [2.05, 4.69) is 30.7 Å². The Morgan fingerprint density at radius 2 is 1.37 bits per heavy atom. The number of hydrogen-bond donors (Lipinski definition) is 4. The lowest BCUT2D eigenvalue weighted by Gasteiger charge is -2.53. The number of nitrogens with two attached hydrogens (primary N) is 2. The third kappa shape index (κ3) is 10.5. The number of likely N-dealkylation sites (tertiary alicyclic amines) is 1. The molecule has 6 aromatic rings. The molecule has 8 rings (SSSR count). The molecule has 70 heavy (non-hydrogen) atoms. The largest absolute Gasteiger partial charge is 0.491 e. The lowest BCUT2D eigenvalue weighted by molar-refractivity contribution is -0.180. The van der Waals surface area contributed by atoms with Gasteiger partial charge < -0.3 is 39.7 Å². The first-order chi connectivity index (χ1) is 33.3. The molecule has 2 aromatic carbocycles. The molecule has 2 aliphatic heterocycles. The van der Waals surface area contributed by atoms with Gasteiger partial charge in [-0.05, 0) is 97.4 Å². The number of rotatable bonds is 17. The maximum absolute atomic E-state index is 13.9. The molecule has 5 amide bonds. The SMILES string of the molecule is CCn1nc(C)cc1C(=O)Nc1nc2cc(C(N)=O)ccc2n1C/C=C/Cn1c(NC(=O)c2cc(C)nn2CC)nc2cc(C(N)=O)cc(OCCCN3CC4(C3)CN(C(=O)OC(C)(C)C)CCO4)c21. The average molecular weight is 961 g/mol. The van der Waals surface area contributed by atoms with Crippen LogP contribution in [-0.2, 0) is 35.7 Å². The molecule has 4 aromatic heterocycles. The van der Waals surface area contributed by atoms with Gasteiger partial charge in [-0.25, -0.2) is 14.8 Å². The number of ether oxygens (including phenoxy) is 3. The van der Waals surface area contributed by atoms with Crippen LogP contribution in [0.15, 0.2) is 54.6 Å². The summed E-state index contributed by atoms with van der Waals surface area (Å²) in [5.41, 5.74) is 14.8. The summed E-state index contributed by atoms with van der Waals surface area (Å²) >= 11 is 0. The van der Waals surface area contributed by atoms with Gasteiger partial charge in [0.2, 0.25) is 23.7 Å². The highest BCUT2D eigenvalue weighted by molar-refractivity contribution is 6.05. The number of hydrogen-bond acceptors (Lipinski definition) is 13. The number of primary amides is 2. The number of carbonyl (C=O) groups excluding carboxylic acids is 5. The summed E-state index contributed by atoms with van der Waals surface area (Å²) in [7, 11) is 0. The number of amides is 5. The van der Waals surface area contributed by atoms with Gasteiger partial charge in [0, 0.05) is 63.5 Å². The van der Waals surface area contributed by atoms with E-state index >= 15 is 0 Å². The quantitative estimate of drug-likeness (QED) is 0.0727. The van der Waals surface area contributed by atoms with E-state index in [0.29, 0.717) is 109 Å². The molecule has 0 bridgehead atoms. The topological polar surface area (TPSA) is 267 Å². The number of fused-ring (bicyclic) bond motifs is 2. The highest BCUT2D eigenvalue weighted by Crippen LogP contribution is 2.33. The molecule has 0 saturated carbocycles. The zero-order valence-electron chi connectivity index (χ0n) is 40.6. The fraction of sp³-hybridized carbons (Fsp3) is 0.438. The predicted octanol–water partition coefficient (Wildman–Crippen LogP) is 4.49. The average Bonchev–Trinajstić information content (AvgIpc) is 4.07. The van der Waals surface area contributed by atoms with E-state index in [9.17, 15) is 24.0 Å². The summed E-state index contributed by atoms with van der Waals surface area (Å²) in [5, 5.41) is 14.7. The zero-order valence-corrected chi connectivity index (χ0v) is 40.6. The van der Waals surface area contributed by atoms with Crippen LogP contribution in [0.1, 0.15) is 94.1 Å². The molecule has 370 valence electrons. The summed E-state index contributed by atoms with van der Waals surface area (Å²) in [4.78, 5) is 78.6. The minimum absolute atomic E-state index is 0.162. The Labute approximate surface area is 403 Å². The fourth-order valence-corrected chi connectivity index (χ4v) is 8.86. The van der Waals surface area contributed by atoms with Crippen LogP contribution in [0.4, 0.5) is 16.7 Å². The number of aryl methyl sites for hydroxylation is 4. The third-order valence-electron chi connectivity index (χ3n) is 12.0. The van der Waals surface area contributed by atoms with E-state index in [4.69, 9.17) is 30.7 Å². The van der Waals surface area contributed by atoms with Crippen LogP contribution in [0.3, 0.4) is 0 Å². The smallest absolute Gasteiger partial charge is 0.410 e. The fourth-order valence-electron chi connectivity index (χ4n) is 8.86. The van der Waals surface area contributed by atoms with Crippen molar-refractivity contribution in [3.05, 3.63) is 88.5 Å². The minimum Gasteiger partial charge on any atom is -0.491 e. The van der Waals surface area contributed by atoms with Gasteiger partial charge in [0.25, 0.3) is 11.8 Å². The van der Waals surface area contributed by atoms with Crippen molar-refractivity contribution in [1.29, 1.82) is 0 Å². The van der Waals surface area contributed by atoms with E-state index < -0.39 is 34.8 Å². The van der Waals surface area contributed by atoms with E-state index in [1.807, 2.05) is 53.7 Å². The number of anilines is 2. The second-order valence-corrected chi connectivity index (χ2v) is 18.6. The molecule has 0 atom stereocenters. The van der Waals surface area contributed by atoms with Crippen molar-refractivity contribution < 1.29 is 38.2 Å². The van der Waals surface area contributed by atoms with Gasteiger partial charge in [-0.2, -0.15) is 10.2 Å². The van der Waals surface area contributed by atoms with Crippen LogP contribution in [0, 0.1) is 13.8 Å². The number of benzene rings is 2. The lowest BCUT2D eigenvalue weighted by Crippen LogP contribution is -2.70. The van der Waals surface area contributed by atoms with E-state index in [-0.39, 0.29) is 48.8 Å². The van der Waals surface area contributed by atoms with Crippen molar-refractivity contribution in [1.82, 2.24) is 48.5 Å². The molecule has 6 heterocycles. The van der Waals surface area contributed by atoms with Crippen molar-refractivity contribution in [3.63, 3.8) is 0 Å². The van der Waals surface area contributed by atoms with E-state index in [1.165, 1.54) is 0 Å². The Morgan fingerprint density at radius 3 is 1.97 bits per heavy atom. The Kier molecular flexibility index (Phi) is 13.8. The second kappa shape index (κ2) is 19.8. The zero-order chi connectivity index (χ0) is 50.1. The van der Waals surface area contributed by atoms with Gasteiger partial charge in [-0.3, -0.25) is 44.1 Å². The summed E-state index contributed by atoms with van der Waals surface area (Å²) < 4.78 is 25.0. The van der Waals surface area contributed by atoms with Gasteiger partial charge in [0.05, 0.1) is 47.7 Å². The molecular formula is C48H60N14O8. The van der Waals surface area contributed by atoms with Crippen LogP contribution < -0.4 is 26.8 Å². The number of aromatic nitrogens is 8. The van der Waals surface area contributed by atoms with Crippen molar-refractivity contribution in [2.75, 3.05) is 56.6 Å². The van der Waals surface area contributed by atoms with Gasteiger partial charge in [-0.1, -0.05) is 12.2 Å². The van der Waals surface area contributed by atoms with Gasteiger partial charge in [-0.15, -0.1) is 0 Å². The molecule has 1 spiro atoms. The Hall–Kier alpha value is -7.59. The number of nitrogens with zero attached hydrogens (tertiary/aromatic N) is 10. The van der Waals surface area contributed by atoms with Gasteiger partial charge >= 0.3 is 6.09 Å². The lowest BCUT2D eigenvalue weighted by atomic mass is 9.91. The molecule has 0 radical (unpaired) electrons. The second-order valence-electron chi connectivity index (χ2n) is 18.6. The molecule has 6 N–H and O–H groups in total. The Balaban J connectivity index is 1.05. The van der Waals surface area contributed by atoms with Crippen LogP contribution in [-0.4, -0.2) is 135 Å². The third-order valence-corrected chi connectivity index (χ3v) is 12.0. The van der Waals surface area contributed by atoms with Crippen molar-refractivity contribution in [2.24, 2.45) is 11.5 Å². The van der Waals surface area contributed by atoms with Crippen LogP contribution in [0.25, 0.3) is 22.1 Å². The number of nitrogens with one attached hydrogen (secondary N) is 2. The highest BCUT2D eigenvalue weighted by Gasteiger charge is 2.48. The number of morpholine rings is 1. The summed E-state index contributed by atoms with van der Waals surface area (Å²) in [5.74, 6) is -1.40. The molecule has 0 unspecified atom stereocenters. The standard InChI is InChI=1S/C48H60N14O8/c1-8-61-36(21-29(3)55-61)42(65)53-44-51-33-23-31(40(49)63)13-14-35(33)59(44)16-10-11-17-60-39-34(52-45(60)54-43(66)37-22-30(4)56-62(37)9-2)24-32(41(50)64)25-38(39)68-19-12-15-57-26-48(27-57)28-58(18-20-69-48)46(67)70-47(5,6)7/h10-11,13-14,21-25H,8-9,12,15-20,26-28H2,1-7H3,(H2,49,63)(H2,50,64)(H,51,53,65)(H,52,54,66)/b11-10+. The van der Waals surface area contributed by atoms with E-state index in [1.54, 1.807) is 72.8 Å². The number of carbonyl (C=O) groups is 5. The van der Waals surface area contributed by atoms with Crippen molar-refractivity contribution in [2.45, 2.75) is 92.3 Å². The highest BCUT2D eigenvalue weighted by atomic mass is 16.6. The van der Waals surface area contributed by atoms with Gasteiger partial charge in [0.1, 0.15) is 33.9 Å². The summed E-state index contributed by atoms with van der Waals surface area (Å²) in [6, 6.07) is 11.4. The van der Waals surface area contributed by atoms with Crippen molar-refractivity contribution >= 4 is 63.7 Å². The summed E-state index contributed by atoms with van der Waals surface area (Å²) in [6.45, 7) is 17.9. The number of allylic oxidation sites excluding steroid dienone is 2. The number of imidazole rings is 2. The van der Waals surface area contributed by atoms with Crippen LogP contribution in [0.5, 0.6) is 5.75 Å². The molecule has 22 heteroatoms. The van der Waals surface area contributed by atoms with Crippen LogP contribution in [0.2, 0.25) is 0 Å². The molecule has 2 saturated heterocycles. The minimum atomic E-state index is -0.680. The molecule has 22 nitrogen and oxygen atoms in total.